The highest BCUT2D eigenvalue weighted by Crippen LogP contribution is 2.24. The Balaban J connectivity index is 2.14. The van der Waals surface area contributed by atoms with Crippen molar-refractivity contribution in [3.63, 3.8) is 0 Å². The van der Waals surface area contributed by atoms with Crippen LogP contribution >= 0.6 is 0 Å². The van der Waals surface area contributed by atoms with Crippen LogP contribution in [0.3, 0.4) is 0 Å². The fourth-order valence-electron chi connectivity index (χ4n) is 1.90. The zero-order valence-corrected chi connectivity index (χ0v) is 9.27. The van der Waals surface area contributed by atoms with Crippen molar-refractivity contribution < 1.29 is 10.2 Å². The van der Waals surface area contributed by atoms with E-state index in [9.17, 15) is 10.2 Å². The first-order chi connectivity index (χ1) is 7.72. The summed E-state index contributed by atoms with van der Waals surface area (Å²) in [5.74, 6) is 0.888. The van der Waals surface area contributed by atoms with Gasteiger partial charge in [-0.15, -0.1) is 0 Å². The highest BCUT2D eigenvalue weighted by molar-refractivity contribution is 5.50. The van der Waals surface area contributed by atoms with E-state index < -0.39 is 12.2 Å². The topological polar surface area (TPSA) is 77.4 Å². The SMILES string of the molecule is CNCC(O)C(O)c1cnc2c(c1)CCN2. The van der Waals surface area contributed by atoms with Crippen molar-refractivity contribution in [1.29, 1.82) is 0 Å². The predicted octanol–water partition coefficient (Wildman–Crippen LogP) is -0.337. The molecule has 5 heteroatoms. The van der Waals surface area contributed by atoms with E-state index in [0.29, 0.717) is 12.1 Å². The van der Waals surface area contributed by atoms with Crippen molar-refractivity contribution in [3.8, 4) is 0 Å². The van der Waals surface area contributed by atoms with Crippen LogP contribution in [0.1, 0.15) is 17.2 Å². The Kier molecular flexibility index (Phi) is 3.38. The summed E-state index contributed by atoms with van der Waals surface area (Å²) in [6.45, 7) is 1.25. The molecule has 2 rings (SSSR count). The van der Waals surface area contributed by atoms with Crippen molar-refractivity contribution in [2.45, 2.75) is 18.6 Å². The van der Waals surface area contributed by atoms with Crippen LogP contribution in [-0.2, 0) is 6.42 Å². The van der Waals surface area contributed by atoms with Crippen LogP contribution in [0.2, 0.25) is 0 Å². The normalized spacial score (nSPS) is 17.7. The van der Waals surface area contributed by atoms with E-state index in [1.165, 1.54) is 0 Å². The second kappa shape index (κ2) is 4.78. The molecule has 2 atom stereocenters. The summed E-state index contributed by atoms with van der Waals surface area (Å²) < 4.78 is 0. The van der Waals surface area contributed by atoms with Crippen LogP contribution in [0.15, 0.2) is 12.3 Å². The average Bonchev–Trinajstić information content (AvgIpc) is 2.75. The van der Waals surface area contributed by atoms with Crippen LogP contribution in [0.4, 0.5) is 5.82 Å². The molecule has 1 aromatic rings. The van der Waals surface area contributed by atoms with Crippen molar-refractivity contribution in [3.05, 3.63) is 23.4 Å². The second-order valence-corrected chi connectivity index (χ2v) is 4.02. The van der Waals surface area contributed by atoms with Crippen molar-refractivity contribution in [2.75, 3.05) is 25.5 Å². The zero-order valence-electron chi connectivity index (χ0n) is 9.27. The number of pyridine rings is 1. The molecular weight excluding hydrogens is 206 g/mol. The minimum atomic E-state index is -0.883. The molecule has 4 N–H and O–H groups in total. The van der Waals surface area contributed by atoms with E-state index in [1.807, 2.05) is 6.07 Å². The maximum atomic E-state index is 9.90. The van der Waals surface area contributed by atoms with Crippen LogP contribution in [-0.4, -0.2) is 41.4 Å². The van der Waals surface area contributed by atoms with Gasteiger partial charge in [-0.3, -0.25) is 0 Å². The molecule has 88 valence electrons. The van der Waals surface area contributed by atoms with Gasteiger partial charge < -0.3 is 20.8 Å². The number of aliphatic hydroxyl groups is 2. The lowest BCUT2D eigenvalue weighted by Gasteiger charge is -2.18. The van der Waals surface area contributed by atoms with Crippen molar-refractivity contribution in [1.82, 2.24) is 10.3 Å². The third-order valence-corrected chi connectivity index (χ3v) is 2.79. The fraction of sp³-hybridized carbons (Fsp3) is 0.545. The molecule has 5 nitrogen and oxygen atoms in total. The Morgan fingerprint density at radius 2 is 2.38 bits per heavy atom. The van der Waals surface area contributed by atoms with Gasteiger partial charge in [0.2, 0.25) is 0 Å². The summed E-state index contributed by atoms with van der Waals surface area (Å²) >= 11 is 0. The van der Waals surface area contributed by atoms with E-state index in [2.05, 4.69) is 15.6 Å². The first-order valence-electron chi connectivity index (χ1n) is 5.46. The molecule has 1 aliphatic heterocycles. The van der Waals surface area contributed by atoms with Gasteiger partial charge >= 0.3 is 0 Å². The van der Waals surface area contributed by atoms with Gasteiger partial charge in [0, 0.05) is 24.8 Å². The summed E-state index contributed by atoms with van der Waals surface area (Å²) in [6, 6.07) is 1.91. The maximum Gasteiger partial charge on any atom is 0.129 e. The third-order valence-electron chi connectivity index (χ3n) is 2.79. The Bertz CT molecular complexity index is 370. The number of aliphatic hydroxyl groups excluding tert-OH is 2. The molecule has 1 aliphatic rings. The number of nitrogens with one attached hydrogen (secondary N) is 2. The van der Waals surface area contributed by atoms with Crippen LogP contribution in [0, 0.1) is 0 Å². The highest BCUT2D eigenvalue weighted by Gasteiger charge is 2.20. The van der Waals surface area contributed by atoms with Gasteiger partial charge in [0.05, 0.1) is 6.10 Å². The Labute approximate surface area is 94.5 Å². The van der Waals surface area contributed by atoms with E-state index in [4.69, 9.17) is 0 Å². The van der Waals surface area contributed by atoms with Crippen LogP contribution in [0.25, 0.3) is 0 Å². The number of fused-ring (bicyclic) bond motifs is 1. The number of likely N-dealkylation sites (N-methyl/N-ethyl adjacent to an activating group) is 1. The molecule has 0 radical (unpaired) electrons. The summed E-state index contributed by atoms with van der Waals surface area (Å²) in [5, 5.41) is 25.5. The summed E-state index contributed by atoms with van der Waals surface area (Å²) in [5.41, 5.74) is 1.78. The van der Waals surface area contributed by atoms with Crippen LogP contribution in [0.5, 0.6) is 0 Å². The van der Waals surface area contributed by atoms with Gasteiger partial charge in [0.1, 0.15) is 11.9 Å². The van der Waals surface area contributed by atoms with Gasteiger partial charge in [0.15, 0.2) is 0 Å². The Morgan fingerprint density at radius 1 is 1.56 bits per heavy atom. The number of aromatic nitrogens is 1. The first-order valence-corrected chi connectivity index (χ1v) is 5.46. The molecule has 1 aromatic heterocycles. The first kappa shape index (κ1) is 11.3. The summed E-state index contributed by atoms with van der Waals surface area (Å²) in [6.07, 6.45) is 0.844. The van der Waals surface area contributed by atoms with Gasteiger partial charge in [-0.2, -0.15) is 0 Å². The lowest BCUT2D eigenvalue weighted by molar-refractivity contribution is 0.0200. The molecule has 0 bridgehead atoms. The second-order valence-electron chi connectivity index (χ2n) is 4.02. The molecule has 0 aliphatic carbocycles. The standard InChI is InChI=1S/C11H17N3O2/c1-12-6-9(15)10(16)8-4-7-2-3-13-11(7)14-5-8/h4-5,9-10,12,15-16H,2-3,6H2,1H3,(H,13,14). The molecule has 0 amide bonds. The molecule has 2 unspecified atom stereocenters. The van der Waals surface area contributed by atoms with Crippen LogP contribution < -0.4 is 10.6 Å². The third kappa shape index (κ3) is 2.16. The maximum absolute atomic E-state index is 9.90. The highest BCUT2D eigenvalue weighted by atomic mass is 16.3. The molecule has 0 aromatic carbocycles. The molecule has 0 saturated carbocycles. The van der Waals surface area contributed by atoms with Crippen molar-refractivity contribution >= 4 is 5.82 Å². The summed E-state index contributed by atoms with van der Waals surface area (Å²) in [4.78, 5) is 4.22. The molecule has 0 spiro atoms. The molecule has 0 fully saturated rings. The lowest BCUT2D eigenvalue weighted by atomic mass is 10.0. The number of anilines is 1. The smallest absolute Gasteiger partial charge is 0.129 e. The number of nitrogens with zero attached hydrogens (tertiary/aromatic N) is 1. The lowest BCUT2D eigenvalue weighted by Crippen LogP contribution is -2.29. The van der Waals surface area contributed by atoms with E-state index >= 15 is 0 Å². The Morgan fingerprint density at radius 3 is 3.12 bits per heavy atom. The summed E-state index contributed by atoms with van der Waals surface area (Å²) in [7, 11) is 1.74. The quantitative estimate of drug-likeness (QED) is 0.562. The average molecular weight is 223 g/mol. The van der Waals surface area contributed by atoms with E-state index in [0.717, 1.165) is 24.3 Å². The minimum absolute atomic E-state index is 0.358. The largest absolute Gasteiger partial charge is 0.389 e. The van der Waals surface area contributed by atoms with Gasteiger partial charge in [-0.05, 0) is 25.1 Å². The fourth-order valence-corrected chi connectivity index (χ4v) is 1.90. The molecule has 16 heavy (non-hydrogen) atoms. The predicted molar refractivity (Wildman–Crippen MR) is 61.3 cm³/mol. The molecular formula is C11H17N3O2. The minimum Gasteiger partial charge on any atom is -0.389 e. The van der Waals surface area contributed by atoms with E-state index in [-0.39, 0.29) is 0 Å². The molecule has 0 saturated heterocycles. The van der Waals surface area contributed by atoms with Gasteiger partial charge in [-0.1, -0.05) is 0 Å². The number of hydrogen-bond acceptors (Lipinski definition) is 5. The molecule has 2 heterocycles. The van der Waals surface area contributed by atoms with Gasteiger partial charge in [0.25, 0.3) is 0 Å². The Hall–Kier alpha value is -1.17. The zero-order chi connectivity index (χ0) is 11.5. The number of rotatable bonds is 4. The van der Waals surface area contributed by atoms with Crippen molar-refractivity contribution in [2.24, 2.45) is 0 Å². The monoisotopic (exact) mass is 223 g/mol. The number of hydrogen-bond donors (Lipinski definition) is 4. The van der Waals surface area contributed by atoms with E-state index in [1.54, 1.807) is 13.2 Å². The van der Waals surface area contributed by atoms with Gasteiger partial charge in [-0.25, -0.2) is 4.98 Å².